The first-order chi connectivity index (χ1) is 16.0. The number of aryl methyl sites for hydroxylation is 1. The van der Waals surface area contributed by atoms with Crippen LogP contribution in [-0.4, -0.2) is 27.8 Å². The monoisotopic (exact) mass is 441 g/mol. The van der Waals surface area contributed by atoms with Crippen molar-refractivity contribution in [1.82, 2.24) is 14.8 Å². The number of methoxy groups -OCH3 is 1. The molecule has 2 aromatic carbocycles. The molecule has 166 valence electrons. The van der Waals surface area contributed by atoms with Gasteiger partial charge >= 0.3 is 0 Å². The molecule has 8 nitrogen and oxygen atoms in total. The summed E-state index contributed by atoms with van der Waals surface area (Å²) in [5, 5.41) is 10.9. The molecule has 2 aromatic heterocycles. The molecule has 2 N–H and O–H groups in total. The van der Waals surface area contributed by atoms with E-state index in [1.165, 1.54) is 0 Å². The fourth-order valence-electron chi connectivity index (χ4n) is 3.96. The molecule has 1 aliphatic heterocycles. The van der Waals surface area contributed by atoms with Crippen molar-refractivity contribution < 1.29 is 13.9 Å². The number of rotatable bonds is 5. The quantitative estimate of drug-likeness (QED) is 0.463. The maximum absolute atomic E-state index is 13.6. The lowest BCUT2D eigenvalue weighted by Crippen LogP contribution is -2.31. The highest BCUT2D eigenvalue weighted by Crippen LogP contribution is 2.38. The lowest BCUT2D eigenvalue weighted by atomic mass is 10.00. The van der Waals surface area contributed by atoms with Crippen LogP contribution in [-0.2, 0) is 4.79 Å². The topological polar surface area (TPSA) is 94.2 Å². The number of carbonyl (C=O) groups excluding carboxylic acids is 1. The van der Waals surface area contributed by atoms with Gasteiger partial charge in [-0.15, -0.1) is 5.10 Å². The molecule has 0 spiro atoms. The number of ether oxygens (including phenoxy) is 1. The van der Waals surface area contributed by atoms with E-state index in [-0.39, 0.29) is 5.91 Å². The molecule has 1 atom stereocenters. The van der Waals surface area contributed by atoms with E-state index < -0.39 is 6.04 Å². The van der Waals surface area contributed by atoms with E-state index in [1.807, 2.05) is 68.4 Å². The minimum absolute atomic E-state index is 0.286. The number of furan rings is 1. The Kier molecular flexibility index (Phi) is 5.18. The summed E-state index contributed by atoms with van der Waals surface area (Å²) in [6.07, 6.45) is 0. The molecule has 8 heteroatoms. The van der Waals surface area contributed by atoms with Crippen molar-refractivity contribution in [1.29, 1.82) is 0 Å². The van der Waals surface area contributed by atoms with Crippen molar-refractivity contribution in [3.8, 4) is 17.1 Å². The van der Waals surface area contributed by atoms with E-state index in [4.69, 9.17) is 14.3 Å². The highest BCUT2D eigenvalue weighted by molar-refractivity contribution is 6.06. The predicted molar refractivity (Wildman–Crippen MR) is 125 cm³/mol. The Morgan fingerprint density at radius 1 is 1.06 bits per heavy atom. The highest BCUT2D eigenvalue weighted by Gasteiger charge is 2.36. The molecule has 0 saturated heterocycles. The fraction of sp³-hybridized carbons (Fsp3) is 0.160. The number of anilines is 2. The van der Waals surface area contributed by atoms with Crippen LogP contribution < -0.4 is 15.4 Å². The maximum Gasteiger partial charge on any atom is 0.256 e. The van der Waals surface area contributed by atoms with Gasteiger partial charge in [0.1, 0.15) is 23.3 Å². The summed E-state index contributed by atoms with van der Waals surface area (Å²) >= 11 is 0. The van der Waals surface area contributed by atoms with Crippen LogP contribution in [0.15, 0.2) is 82.4 Å². The van der Waals surface area contributed by atoms with Gasteiger partial charge in [0.15, 0.2) is 5.82 Å². The third-order valence-corrected chi connectivity index (χ3v) is 5.52. The third kappa shape index (κ3) is 3.76. The smallest absolute Gasteiger partial charge is 0.256 e. The van der Waals surface area contributed by atoms with Crippen molar-refractivity contribution in [2.24, 2.45) is 0 Å². The Balaban J connectivity index is 1.59. The van der Waals surface area contributed by atoms with Gasteiger partial charge in [0.25, 0.3) is 5.91 Å². The van der Waals surface area contributed by atoms with Gasteiger partial charge in [0.05, 0.1) is 18.4 Å². The van der Waals surface area contributed by atoms with Crippen LogP contribution in [0, 0.1) is 6.92 Å². The molecule has 0 bridgehead atoms. The summed E-state index contributed by atoms with van der Waals surface area (Å²) in [6, 6.07) is 20.1. The van der Waals surface area contributed by atoms with Crippen LogP contribution in [0.25, 0.3) is 11.4 Å². The summed E-state index contributed by atoms with van der Waals surface area (Å²) < 4.78 is 13.1. The molecule has 1 unspecified atom stereocenters. The van der Waals surface area contributed by atoms with Gasteiger partial charge < -0.3 is 19.8 Å². The number of fused-ring (bicyclic) bond motifs is 1. The number of nitrogens with zero attached hydrogens (tertiary/aromatic N) is 3. The fourth-order valence-corrected chi connectivity index (χ4v) is 3.96. The molecule has 1 aliphatic rings. The molecule has 1 amide bonds. The Morgan fingerprint density at radius 3 is 2.55 bits per heavy atom. The van der Waals surface area contributed by atoms with Crippen LogP contribution in [0.5, 0.6) is 5.75 Å². The number of nitrogens with one attached hydrogen (secondary N) is 2. The van der Waals surface area contributed by atoms with Crippen LogP contribution in [0.3, 0.4) is 0 Å². The normalized spacial score (nSPS) is 15.1. The minimum Gasteiger partial charge on any atom is -0.495 e. The lowest BCUT2D eigenvalue weighted by molar-refractivity contribution is -0.113. The first-order valence-corrected chi connectivity index (χ1v) is 10.6. The number of allylic oxidation sites excluding steroid dienone is 1. The van der Waals surface area contributed by atoms with Gasteiger partial charge in [0, 0.05) is 11.3 Å². The Bertz CT molecular complexity index is 1350. The third-order valence-electron chi connectivity index (χ3n) is 5.52. The number of aromatic nitrogens is 3. The van der Waals surface area contributed by atoms with Crippen molar-refractivity contribution in [2.75, 3.05) is 17.7 Å². The molecule has 0 fully saturated rings. The first kappa shape index (κ1) is 20.6. The highest BCUT2D eigenvalue weighted by atomic mass is 16.5. The van der Waals surface area contributed by atoms with Gasteiger partial charge in [-0.3, -0.25) is 4.79 Å². The standard InChI is InChI=1S/C25H23N5O3/c1-15-13-14-20(33-15)22-21(24(31)27-18-11-7-8-12-19(18)32-3)16(2)26-25-28-23(29-30(22)25)17-9-5-4-6-10-17/h4-14,22H,1-3H3,(H,27,31)(H,26,28,29). The number of amides is 1. The second kappa shape index (κ2) is 8.31. The zero-order chi connectivity index (χ0) is 22.9. The van der Waals surface area contributed by atoms with E-state index in [9.17, 15) is 4.79 Å². The van der Waals surface area contributed by atoms with Crippen molar-refractivity contribution >= 4 is 17.5 Å². The molecule has 0 radical (unpaired) electrons. The Morgan fingerprint density at radius 2 is 1.82 bits per heavy atom. The number of para-hydroxylation sites is 2. The molecular weight excluding hydrogens is 418 g/mol. The zero-order valence-electron chi connectivity index (χ0n) is 18.5. The zero-order valence-corrected chi connectivity index (χ0v) is 18.5. The second-order valence-corrected chi connectivity index (χ2v) is 7.74. The molecule has 3 heterocycles. The van der Waals surface area contributed by atoms with Gasteiger partial charge in [-0.25, -0.2) is 4.68 Å². The Hall–Kier alpha value is -4.33. The van der Waals surface area contributed by atoms with Gasteiger partial charge in [-0.1, -0.05) is 42.5 Å². The van der Waals surface area contributed by atoms with Gasteiger partial charge in [-0.2, -0.15) is 4.98 Å². The molecule has 5 rings (SSSR count). The number of hydrogen-bond donors (Lipinski definition) is 2. The summed E-state index contributed by atoms with van der Waals surface area (Å²) in [5.74, 6) is 2.74. The van der Waals surface area contributed by atoms with E-state index in [0.29, 0.717) is 40.2 Å². The van der Waals surface area contributed by atoms with Crippen molar-refractivity contribution in [2.45, 2.75) is 19.9 Å². The average Bonchev–Trinajstić information content (AvgIpc) is 3.45. The Labute approximate surface area is 190 Å². The molecule has 33 heavy (non-hydrogen) atoms. The summed E-state index contributed by atoms with van der Waals surface area (Å²) in [5.41, 5.74) is 2.61. The second-order valence-electron chi connectivity index (χ2n) is 7.74. The number of carbonyl (C=O) groups is 1. The first-order valence-electron chi connectivity index (χ1n) is 10.6. The summed E-state index contributed by atoms with van der Waals surface area (Å²) in [4.78, 5) is 18.2. The largest absolute Gasteiger partial charge is 0.495 e. The predicted octanol–water partition coefficient (Wildman–Crippen LogP) is 4.78. The lowest BCUT2D eigenvalue weighted by Gasteiger charge is -2.27. The van der Waals surface area contributed by atoms with Crippen molar-refractivity contribution in [3.05, 3.63) is 89.5 Å². The van der Waals surface area contributed by atoms with E-state index >= 15 is 0 Å². The average molecular weight is 441 g/mol. The number of hydrogen-bond acceptors (Lipinski definition) is 6. The van der Waals surface area contributed by atoms with E-state index in [1.54, 1.807) is 23.9 Å². The minimum atomic E-state index is -0.588. The van der Waals surface area contributed by atoms with E-state index in [2.05, 4.69) is 15.6 Å². The molecular formula is C25H23N5O3. The van der Waals surface area contributed by atoms with Crippen LogP contribution in [0.4, 0.5) is 11.6 Å². The SMILES string of the molecule is COc1ccccc1NC(=O)C1=C(C)Nc2nc(-c3ccccc3)nn2C1c1ccc(C)o1. The van der Waals surface area contributed by atoms with E-state index in [0.717, 1.165) is 11.3 Å². The van der Waals surface area contributed by atoms with Crippen LogP contribution in [0.1, 0.15) is 24.5 Å². The van der Waals surface area contributed by atoms with Gasteiger partial charge in [0.2, 0.25) is 5.95 Å². The summed E-state index contributed by atoms with van der Waals surface area (Å²) in [7, 11) is 1.57. The van der Waals surface area contributed by atoms with Crippen LogP contribution in [0.2, 0.25) is 0 Å². The molecule has 0 aliphatic carbocycles. The molecule has 4 aromatic rings. The number of benzene rings is 2. The maximum atomic E-state index is 13.6. The molecule has 0 saturated carbocycles. The summed E-state index contributed by atoms with van der Waals surface area (Å²) in [6.45, 7) is 3.72. The van der Waals surface area contributed by atoms with Gasteiger partial charge in [-0.05, 0) is 38.1 Å². The van der Waals surface area contributed by atoms with Crippen LogP contribution >= 0.6 is 0 Å². The van der Waals surface area contributed by atoms with Crippen molar-refractivity contribution in [3.63, 3.8) is 0 Å².